The molecule has 0 aliphatic rings. The maximum atomic E-state index is 11.7. The summed E-state index contributed by atoms with van der Waals surface area (Å²) in [5, 5.41) is 2.96. The van der Waals surface area contributed by atoms with Crippen LogP contribution in [0.15, 0.2) is 24.3 Å². The maximum absolute atomic E-state index is 11.7. The molecule has 1 rings (SSSR count). The highest BCUT2D eigenvalue weighted by atomic mass is 79.9. The second kappa shape index (κ2) is 6.69. The van der Waals surface area contributed by atoms with Gasteiger partial charge in [0.25, 0.3) is 0 Å². The summed E-state index contributed by atoms with van der Waals surface area (Å²) in [5.74, 6) is 0.0334. The first-order chi connectivity index (χ1) is 7.69. The smallest absolute Gasteiger partial charge is 0.238 e. The molecule has 0 fully saturated rings. The normalized spacial score (nSPS) is 12.2. The Morgan fingerprint density at radius 2 is 2.06 bits per heavy atom. The van der Waals surface area contributed by atoms with E-state index < -0.39 is 0 Å². The summed E-state index contributed by atoms with van der Waals surface area (Å²) in [5.41, 5.74) is 2.14. The number of hydrogen-bond donors (Lipinski definition) is 1. The molecule has 1 N–H and O–H groups in total. The number of carbonyl (C=O) groups is 1. The summed E-state index contributed by atoms with van der Waals surface area (Å²) < 4.78 is 0. The van der Waals surface area contributed by atoms with E-state index in [1.807, 2.05) is 25.1 Å². The predicted octanol–water partition coefficient (Wildman–Crippen LogP) is 3.75. The predicted molar refractivity (Wildman–Crippen MR) is 72.1 cm³/mol. The second-order valence-corrected chi connectivity index (χ2v) is 4.88. The number of nitrogens with one attached hydrogen (secondary N) is 1. The Labute approximate surface area is 106 Å². The maximum Gasteiger partial charge on any atom is 0.238 e. The monoisotopic (exact) mass is 283 g/mol. The molecule has 1 aromatic carbocycles. The minimum absolute atomic E-state index is 0.0334. The first-order valence-electron chi connectivity index (χ1n) is 5.71. The lowest BCUT2D eigenvalue weighted by atomic mass is 10.1. The van der Waals surface area contributed by atoms with Gasteiger partial charge in [0, 0.05) is 5.69 Å². The van der Waals surface area contributed by atoms with Crippen LogP contribution in [0.1, 0.15) is 32.3 Å². The van der Waals surface area contributed by atoms with Crippen LogP contribution in [0, 0.1) is 0 Å². The van der Waals surface area contributed by atoms with Crippen LogP contribution in [0.2, 0.25) is 0 Å². The quantitative estimate of drug-likeness (QED) is 0.820. The number of amides is 1. The van der Waals surface area contributed by atoms with Gasteiger partial charge in [-0.15, -0.1) is 0 Å². The molecule has 1 aromatic rings. The fraction of sp³-hybridized carbons (Fsp3) is 0.462. The van der Waals surface area contributed by atoms with Crippen molar-refractivity contribution >= 4 is 27.5 Å². The zero-order valence-corrected chi connectivity index (χ0v) is 11.4. The van der Waals surface area contributed by atoms with Crippen molar-refractivity contribution in [2.45, 2.75) is 37.9 Å². The molecule has 0 aliphatic heterocycles. The Morgan fingerprint density at radius 1 is 1.38 bits per heavy atom. The molecule has 0 saturated heterocycles. The van der Waals surface area contributed by atoms with Crippen LogP contribution >= 0.6 is 15.9 Å². The molecule has 0 aliphatic carbocycles. The number of carbonyl (C=O) groups excluding carboxylic acids is 1. The van der Waals surface area contributed by atoms with Gasteiger partial charge in [0.2, 0.25) is 5.91 Å². The van der Waals surface area contributed by atoms with E-state index in [4.69, 9.17) is 0 Å². The molecular formula is C13H18BrNO. The van der Waals surface area contributed by atoms with Gasteiger partial charge in [-0.2, -0.15) is 0 Å². The topological polar surface area (TPSA) is 29.1 Å². The zero-order valence-electron chi connectivity index (χ0n) is 9.79. The van der Waals surface area contributed by atoms with Crippen molar-refractivity contribution in [3.63, 3.8) is 0 Å². The molecule has 2 nitrogen and oxygen atoms in total. The van der Waals surface area contributed by atoms with Crippen molar-refractivity contribution in [3.05, 3.63) is 29.8 Å². The Bertz CT molecular complexity index is 352. The van der Waals surface area contributed by atoms with E-state index in [2.05, 4.69) is 34.2 Å². The number of anilines is 1. The third-order valence-corrected chi connectivity index (χ3v) is 3.50. The van der Waals surface area contributed by atoms with Gasteiger partial charge in [-0.25, -0.2) is 0 Å². The van der Waals surface area contributed by atoms with E-state index in [1.54, 1.807) is 0 Å². The molecule has 3 heteroatoms. The number of halogens is 1. The van der Waals surface area contributed by atoms with Crippen LogP contribution in [-0.2, 0) is 11.2 Å². The van der Waals surface area contributed by atoms with E-state index in [-0.39, 0.29) is 10.7 Å². The van der Waals surface area contributed by atoms with Crippen molar-refractivity contribution in [3.8, 4) is 0 Å². The SMILES string of the molecule is CCCc1ccccc1NC(=O)C(Br)CC. The highest BCUT2D eigenvalue weighted by molar-refractivity contribution is 9.10. The molecule has 0 heterocycles. The fourth-order valence-corrected chi connectivity index (χ4v) is 1.64. The highest BCUT2D eigenvalue weighted by Crippen LogP contribution is 2.18. The van der Waals surface area contributed by atoms with E-state index >= 15 is 0 Å². The molecule has 0 aromatic heterocycles. The van der Waals surface area contributed by atoms with Gasteiger partial charge in [-0.05, 0) is 24.5 Å². The van der Waals surface area contributed by atoms with E-state index in [0.717, 1.165) is 24.9 Å². The lowest BCUT2D eigenvalue weighted by molar-refractivity contribution is -0.115. The van der Waals surface area contributed by atoms with E-state index in [1.165, 1.54) is 5.56 Å². The lowest BCUT2D eigenvalue weighted by Crippen LogP contribution is -2.22. The highest BCUT2D eigenvalue weighted by Gasteiger charge is 2.13. The first kappa shape index (κ1) is 13.2. The van der Waals surface area contributed by atoms with Gasteiger partial charge in [-0.1, -0.05) is 54.4 Å². The number of rotatable bonds is 5. The van der Waals surface area contributed by atoms with Crippen LogP contribution in [0.25, 0.3) is 0 Å². The molecule has 0 saturated carbocycles. The lowest BCUT2D eigenvalue weighted by Gasteiger charge is -2.12. The molecule has 1 unspecified atom stereocenters. The van der Waals surface area contributed by atoms with E-state index in [0.29, 0.717) is 0 Å². The standard InChI is InChI=1S/C13H18BrNO/c1-3-7-10-8-5-6-9-12(10)15-13(16)11(14)4-2/h5-6,8-9,11H,3-4,7H2,1-2H3,(H,15,16). The average molecular weight is 284 g/mol. The van der Waals surface area contributed by atoms with Crippen molar-refractivity contribution in [2.24, 2.45) is 0 Å². The Balaban J connectivity index is 2.76. The Morgan fingerprint density at radius 3 is 2.69 bits per heavy atom. The minimum Gasteiger partial charge on any atom is -0.325 e. The van der Waals surface area contributed by atoms with Gasteiger partial charge in [0.15, 0.2) is 0 Å². The summed E-state index contributed by atoms with van der Waals surface area (Å²) in [7, 11) is 0. The van der Waals surface area contributed by atoms with Gasteiger partial charge in [-0.3, -0.25) is 4.79 Å². The average Bonchev–Trinajstić information content (AvgIpc) is 2.31. The summed E-state index contributed by atoms with van der Waals surface area (Å²) in [6.07, 6.45) is 2.87. The number of alkyl halides is 1. The molecule has 0 radical (unpaired) electrons. The van der Waals surface area contributed by atoms with E-state index in [9.17, 15) is 4.79 Å². The fourth-order valence-electron chi connectivity index (χ4n) is 1.53. The van der Waals surface area contributed by atoms with Gasteiger partial charge >= 0.3 is 0 Å². The Hall–Kier alpha value is -0.830. The molecule has 0 spiro atoms. The number of hydrogen-bond acceptors (Lipinski definition) is 1. The number of para-hydroxylation sites is 1. The van der Waals surface area contributed by atoms with Gasteiger partial charge in [0.05, 0.1) is 4.83 Å². The summed E-state index contributed by atoms with van der Waals surface area (Å²) in [4.78, 5) is 11.6. The zero-order chi connectivity index (χ0) is 12.0. The second-order valence-electron chi connectivity index (χ2n) is 3.77. The largest absolute Gasteiger partial charge is 0.325 e. The van der Waals surface area contributed by atoms with Crippen molar-refractivity contribution < 1.29 is 4.79 Å². The van der Waals surface area contributed by atoms with Crippen molar-refractivity contribution in [2.75, 3.05) is 5.32 Å². The first-order valence-corrected chi connectivity index (χ1v) is 6.63. The van der Waals surface area contributed by atoms with Crippen LogP contribution in [0.5, 0.6) is 0 Å². The molecule has 88 valence electrons. The van der Waals surface area contributed by atoms with Crippen molar-refractivity contribution in [1.29, 1.82) is 0 Å². The third-order valence-electron chi connectivity index (χ3n) is 2.44. The van der Waals surface area contributed by atoms with Crippen LogP contribution in [0.4, 0.5) is 5.69 Å². The molecular weight excluding hydrogens is 266 g/mol. The molecule has 16 heavy (non-hydrogen) atoms. The minimum atomic E-state index is -0.109. The summed E-state index contributed by atoms with van der Waals surface area (Å²) in [6.45, 7) is 4.12. The van der Waals surface area contributed by atoms with Gasteiger partial charge < -0.3 is 5.32 Å². The molecule has 1 atom stereocenters. The van der Waals surface area contributed by atoms with Crippen LogP contribution in [0.3, 0.4) is 0 Å². The Kier molecular flexibility index (Phi) is 5.53. The number of benzene rings is 1. The van der Waals surface area contributed by atoms with Gasteiger partial charge in [0.1, 0.15) is 0 Å². The van der Waals surface area contributed by atoms with Crippen LogP contribution < -0.4 is 5.32 Å². The number of aryl methyl sites for hydroxylation is 1. The molecule has 1 amide bonds. The van der Waals surface area contributed by atoms with Crippen molar-refractivity contribution in [1.82, 2.24) is 0 Å². The summed E-state index contributed by atoms with van der Waals surface area (Å²) >= 11 is 3.35. The third kappa shape index (κ3) is 3.63. The summed E-state index contributed by atoms with van der Waals surface area (Å²) in [6, 6.07) is 7.97. The molecule has 0 bridgehead atoms. The van der Waals surface area contributed by atoms with Crippen LogP contribution in [-0.4, -0.2) is 10.7 Å².